The molecule has 1 saturated carbocycles. The fraction of sp³-hybridized carbons (Fsp3) is 0.500. The predicted molar refractivity (Wildman–Crippen MR) is 69.3 cm³/mol. The first kappa shape index (κ1) is 11.5. The van der Waals surface area contributed by atoms with Gasteiger partial charge in [0.25, 0.3) is 0 Å². The number of carbonyl (C=O) groups excluding carboxylic acids is 1. The number of urea groups is 1. The molecule has 2 amide bonds. The van der Waals surface area contributed by atoms with Crippen LogP contribution in [0.3, 0.4) is 0 Å². The van der Waals surface area contributed by atoms with Gasteiger partial charge in [-0.2, -0.15) is 0 Å². The molecule has 4 heteroatoms. The lowest BCUT2D eigenvalue weighted by Crippen LogP contribution is -2.51. The summed E-state index contributed by atoms with van der Waals surface area (Å²) in [6.07, 6.45) is 4.30. The van der Waals surface area contributed by atoms with E-state index in [1.165, 1.54) is 11.3 Å². The molecule has 2 N–H and O–H groups in total. The molecular formula is C14H18N2O2. The van der Waals surface area contributed by atoms with E-state index in [9.17, 15) is 9.90 Å². The van der Waals surface area contributed by atoms with Crippen molar-refractivity contribution in [1.82, 2.24) is 5.32 Å². The summed E-state index contributed by atoms with van der Waals surface area (Å²) in [6.45, 7) is 0. The minimum atomic E-state index is -0.757. The van der Waals surface area contributed by atoms with Crippen LogP contribution in [0.2, 0.25) is 0 Å². The average Bonchev–Trinajstić information content (AvgIpc) is 2.63. The van der Waals surface area contributed by atoms with Crippen LogP contribution in [-0.2, 0) is 0 Å². The molecule has 1 heterocycles. The molecule has 4 nitrogen and oxygen atoms in total. The Morgan fingerprint density at radius 2 is 1.83 bits per heavy atom. The van der Waals surface area contributed by atoms with Gasteiger partial charge in [-0.05, 0) is 25.0 Å². The summed E-state index contributed by atoms with van der Waals surface area (Å²) in [7, 11) is 0. The largest absolute Gasteiger partial charge is 0.371 e. The number of nitrogens with zero attached hydrogens (tertiary/aromatic N) is 1. The fourth-order valence-corrected chi connectivity index (χ4v) is 3.11. The van der Waals surface area contributed by atoms with Crippen molar-refractivity contribution in [3.05, 3.63) is 30.3 Å². The predicted octanol–water partition coefficient (Wildman–Crippen LogP) is 2.24. The second kappa shape index (κ2) is 4.28. The summed E-state index contributed by atoms with van der Waals surface area (Å²) in [4.78, 5) is 13.6. The zero-order valence-electron chi connectivity index (χ0n) is 10.3. The summed E-state index contributed by atoms with van der Waals surface area (Å²) < 4.78 is 0. The average molecular weight is 246 g/mol. The van der Waals surface area contributed by atoms with Gasteiger partial charge in [-0.3, -0.25) is 4.90 Å². The lowest BCUT2D eigenvalue weighted by molar-refractivity contribution is 0.0719. The standard InChI is InChI=1S/C14H18N2O2/c17-12-14(9-5-2-6-10-14)15-13(18)16(12)11-7-3-1-4-8-11/h1,3-4,7-8,12,17H,2,5-6,9-10H2,(H,15,18). The summed E-state index contributed by atoms with van der Waals surface area (Å²) >= 11 is 0. The molecule has 1 atom stereocenters. The number of aliphatic hydroxyl groups is 1. The van der Waals surface area contributed by atoms with Crippen molar-refractivity contribution < 1.29 is 9.90 Å². The monoisotopic (exact) mass is 246 g/mol. The van der Waals surface area contributed by atoms with E-state index in [0.29, 0.717) is 0 Å². The molecule has 1 unspecified atom stereocenters. The minimum absolute atomic E-state index is 0.185. The number of para-hydroxylation sites is 1. The van der Waals surface area contributed by atoms with Crippen molar-refractivity contribution in [2.75, 3.05) is 4.90 Å². The third-order valence-electron chi connectivity index (χ3n) is 4.09. The first-order valence-corrected chi connectivity index (χ1v) is 6.57. The van der Waals surface area contributed by atoms with Gasteiger partial charge in [0.1, 0.15) is 0 Å². The number of hydrogen-bond donors (Lipinski definition) is 2. The lowest BCUT2D eigenvalue weighted by Gasteiger charge is -2.36. The van der Waals surface area contributed by atoms with E-state index in [1.807, 2.05) is 30.3 Å². The molecular weight excluding hydrogens is 228 g/mol. The van der Waals surface area contributed by atoms with E-state index in [-0.39, 0.29) is 6.03 Å². The Hall–Kier alpha value is -1.55. The molecule has 1 spiro atoms. The number of nitrogens with one attached hydrogen (secondary N) is 1. The van der Waals surface area contributed by atoms with E-state index in [0.717, 1.165) is 31.4 Å². The Balaban J connectivity index is 1.91. The Morgan fingerprint density at radius 3 is 2.50 bits per heavy atom. The van der Waals surface area contributed by atoms with E-state index >= 15 is 0 Å². The summed E-state index contributed by atoms with van der Waals surface area (Å²) in [5.41, 5.74) is 0.315. The van der Waals surface area contributed by atoms with E-state index in [1.54, 1.807) is 0 Å². The molecule has 1 aliphatic heterocycles. The van der Waals surface area contributed by atoms with Crippen molar-refractivity contribution in [2.24, 2.45) is 0 Å². The highest BCUT2D eigenvalue weighted by Gasteiger charge is 2.51. The highest BCUT2D eigenvalue weighted by Crippen LogP contribution is 2.38. The van der Waals surface area contributed by atoms with Gasteiger partial charge in [-0.1, -0.05) is 37.5 Å². The number of carbonyl (C=O) groups is 1. The van der Waals surface area contributed by atoms with Crippen molar-refractivity contribution in [3.8, 4) is 0 Å². The van der Waals surface area contributed by atoms with Crippen LogP contribution in [0.15, 0.2) is 30.3 Å². The van der Waals surface area contributed by atoms with Gasteiger partial charge >= 0.3 is 6.03 Å². The maximum atomic E-state index is 12.1. The number of benzene rings is 1. The van der Waals surface area contributed by atoms with Crippen LogP contribution in [0.5, 0.6) is 0 Å². The Morgan fingerprint density at radius 1 is 1.17 bits per heavy atom. The number of rotatable bonds is 1. The van der Waals surface area contributed by atoms with Crippen molar-refractivity contribution in [1.29, 1.82) is 0 Å². The second-order valence-electron chi connectivity index (χ2n) is 5.23. The summed E-state index contributed by atoms with van der Waals surface area (Å²) in [5, 5.41) is 13.5. The van der Waals surface area contributed by atoms with Gasteiger partial charge in [0, 0.05) is 5.69 Å². The van der Waals surface area contributed by atoms with Gasteiger partial charge in [0.05, 0.1) is 5.54 Å². The van der Waals surface area contributed by atoms with Gasteiger partial charge in [0.2, 0.25) is 0 Å². The van der Waals surface area contributed by atoms with Crippen LogP contribution >= 0.6 is 0 Å². The van der Waals surface area contributed by atoms with Gasteiger partial charge in [-0.25, -0.2) is 4.79 Å². The molecule has 3 rings (SSSR count). The third-order valence-corrected chi connectivity index (χ3v) is 4.09. The quantitative estimate of drug-likeness (QED) is 0.798. The molecule has 1 aliphatic carbocycles. The Labute approximate surface area is 107 Å². The molecule has 0 aromatic heterocycles. The molecule has 1 aromatic rings. The Bertz CT molecular complexity index is 440. The van der Waals surface area contributed by atoms with Gasteiger partial charge < -0.3 is 10.4 Å². The second-order valence-corrected chi connectivity index (χ2v) is 5.23. The number of anilines is 1. The summed E-state index contributed by atoms with van der Waals surface area (Å²) in [5.74, 6) is 0. The zero-order chi connectivity index (χ0) is 12.6. The maximum Gasteiger partial charge on any atom is 0.324 e. The topological polar surface area (TPSA) is 52.6 Å². The van der Waals surface area contributed by atoms with Crippen LogP contribution < -0.4 is 10.2 Å². The highest BCUT2D eigenvalue weighted by molar-refractivity contribution is 5.95. The van der Waals surface area contributed by atoms with Crippen molar-refractivity contribution in [2.45, 2.75) is 43.9 Å². The minimum Gasteiger partial charge on any atom is -0.371 e. The van der Waals surface area contributed by atoms with Crippen LogP contribution in [0.4, 0.5) is 10.5 Å². The fourth-order valence-electron chi connectivity index (χ4n) is 3.11. The van der Waals surface area contributed by atoms with Crippen LogP contribution in [0.25, 0.3) is 0 Å². The van der Waals surface area contributed by atoms with Crippen LogP contribution in [0, 0.1) is 0 Å². The zero-order valence-corrected chi connectivity index (χ0v) is 10.3. The molecule has 0 radical (unpaired) electrons. The summed E-state index contributed by atoms with van der Waals surface area (Å²) in [6, 6.07) is 9.17. The molecule has 18 heavy (non-hydrogen) atoms. The van der Waals surface area contributed by atoms with Crippen molar-refractivity contribution >= 4 is 11.7 Å². The van der Waals surface area contributed by atoms with Gasteiger partial charge in [-0.15, -0.1) is 0 Å². The van der Waals surface area contributed by atoms with Crippen LogP contribution in [-0.4, -0.2) is 22.9 Å². The van der Waals surface area contributed by atoms with Gasteiger partial charge in [0.15, 0.2) is 6.23 Å². The third kappa shape index (κ3) is 1.68. The first-order chi connectivity index (χ1) is 8.73. The maximum absolute atomic E-state index is 12.1. The first-order valence-electron chi connectivity index (χ1n) is 6.57. The SMILES string of the molecule is O=C1NC2(CCCCC2)C(O)N1c1ccccc1. The van der Waals surface area contributed by atoms with Crippen LogP contribution in [0.1, 0.15) is 32.1 Å². The highest BCUT2D eigenvalue weighted by atomic mass is 16.3. The number of aliphatic hydroxyl groups excluding tert-OH is 1. The molecule has 96 valence electrons. The molecule has 1 aromatic carbocycles. The molecule has 2 fully saturated rings. The van der Waals surface area contributed by atoms with E-state index in [4.69, 9.17) is 0 Å². The molecule has 0 bridgehead atoms. The van der Waals surface area contributed by atoms with Crippen molar-refractivity contribution in [3.63, 3.8) is 0 Å². The van der Waals surface area contributed by atoms with E-state index < -0.39 is 11.8 Å². The molecule has 2 aliphatic rings. The lowest BCUT2D eigenvalue weighted by atomic mass is 9.81. The molecule has 1 saturated heterocycles. The number of amides is 2. The normalized spacial score (nSPS) is 26.4. The smallest absolute Gasteiger partial charge is 0.324 e. The Kier molecular flexibility index (Phi) is 2.74. The van der Waals surface area contributed by atoms with E-state index in [2.05, 4.69) is 5.32 Å². The number of hydrogen-bond acceptors (Lipinski definition) is 2.